The van der Waals surface area contributed by atoms with E-state index in [0.29, 0.717) is 21.9 Å². The summed E-state index contributed by atoms with van der Waals surface area (Å²) >= 11 is 6.53. The van der Waals surface area contributed by atoms with Crippen LogP contribution in [-0.2, 0) is 0 Å². The third-order valence-electron chi connectivity index (χ3n) is 6.16. The van der Waals surface area contributed by atoms with E-state index in [1.54, 1.807) is 17.2 Å². The predicted octanol–water partition coefficient (Wildman–Crippen LogP) is 5.84. The summed E-state index contributed by atoms with van der Waals surface area (Å²) in [5.74, 6) is -0.595. The fourth-order valence-corrected chi connectivity index (χ4v) is 4.96. The molecule has 31 heavy (non-hydrogen) atoms. The molecule has 2 aliphatic heterocycles. The largest absolute Gasteiger partial charge is 0.368 e. The van der Waals surface area contributed by atoms with Crippen LogP contribution in [0.3, 0.4) is 0 Å². The fourth-order valence-electron chi connectivity index (χ4n) is 4.70. The maximum absolute atomic E-state index is 14.5. The van der Waals surface area contributed by atoms with E-state index in [1.807, 2.05) is 6.07 Å². The number of piperidine rings is 1. The summed E-state index contributed by atoms with van der Waals surface area (Å²) in [6, 6.07) is 6.24. The number of halogens is 4. The minimum atomic E-state index is -1.16. The molecule has 4 nitrogen and oxygen atoms in total. The molecule has 2 aromatic heterocycles. The van der Waals surface area contributed by atoms with E-state index in [2.05, 4.69) is 9.88 Å². The molecule has 2 fully saturated rings. The molecule has 1 aromatic carbocycles. The van der Waals surface area contributed by atoms with Gasteiger partial charge in [-0.2, -0.15) is 0 Å². The molecular weight excluding hydrogens is 425 g/mol. The number of hydrogen-bond acceptors (Lipinski definition) is 4. The van der Waals surface area contributed by atoms with Crippen LogP contribution < -0.4 is 9.80 Å². The van der Waals surface area contributed by atoms with Gasteiger partial charge in [0, 0.05) is 31.3 Å². The van der Waals surface area contributed by atoms with Crippen LogP contribution in [0.1, 0.15) is 37.3 Å². The molecule has 0 aliphatic carbocycles. The van der Waals surface area contributed by atoms with Gasteiger partial charge in [-0.1, -0.05) is 11.6 Å². The molecule has 2 saturated heterocycles. The first-order valence-corrected chi connectivity index (χ1v) is 10.9. The number of hydrogen-bond donors (Lipinski definition) is 0. The highest BCUT2D eigenvalue weighted by Gasteiger charge is 2.36. The Hall–Kier alpha value is -2.54. The van der Waals surface area contributed by atoms with Crippen molar-refractivity contribution in [1.29, 1.82) is 0 Å². The van der Waals surface area contributed by atoms with E-state index in [4.69, 9.17) is 16.6 Å². The Balaban J connectivity index is 1.59. The Bertz CT molecular complexity index is 1120. The average Bonchev–Trinajstić information content (AvgIpc) is 3.17. The third kappa shape index (κ3) is 3.80. The van der Waals surface area contributed by atoms with Gasteiger partial charge >= 0.3 is 0 Å². The molecule has 5 rings (SSSR count). The van der Waals surface area contributed by atoms with Crippen LogP contribution >= 0.6 is 11.6 Å². The Labute approximate surface area is 183 Å². The molecule has 2 aliphatic rings. The topological polar surface area (TPSA) is 32.3 Å². The van der Waals surface area contributed by atoms with Gasteiger partial charge in [-0.15, -0.1) is 0 Å². The van der Waals surface area contributed by atoms with Crippen LogP contribution in [0, 0.1) is 11.6 Å². The maximum atomic E-state index is 14.5. The average molecular weight is 447 g/mol. The quantitative estimate of drug-likeness (QED) is 0.506. The number of pyridine rings is 2. The van der Waals surface area contributed by atoms with Crippen molar-refractivity contribution in [2.75, 3.05) is 29.4 Å². The lowest BCUT2D eigenvalue weighted by atomic mass is 10.0. The van der Waals surface area contributed by atoms with E-state index >= 15 is 0 Å². The van der Waals surface area contributed by atoms with Crippen LogP contribution in [0.2, 0.25) is 5.02 Å². The second kappa shape index (κ2) is 8.19. The smallest absolute Gasteiger partial charge is 0.130 e. The second-order valence-corrected chi connectivity index (χ2v) is 8.61. The first-order chi connectivity index (χ1) is 15.0. The third-order valence-corrected chi connectivity index (χ3v) is 6.44. The van der Waals surface area contributed by atoms with E-state index in [-0.39, 0.29) is 18.5 Å². The molecule has 0 unspecified atom stereocenters. The summed E-state index contributed by atoms with van der Waals surface area (Å²) < 4.78 is 42.7. The van der Waals surface area contributed by atoms with Crippen molar-refractivity contribution < 1.29 is 13.2 Å². The number of anilines is 2. The molecular formula is C23H22ClF3N4. The lowest BCUT2D eigenvalue weighted by molar-refractivity contribution is 0.355. The number of rotatable bonds is 3. The summed E-state index contributed by atoms with van der Waals surface area (Å²) in [5, 5.41) is 0.525. The van der Waals surface area contributed by atoms with Crippen molar-refractivity contribution in [3.63, 3.8) is 0 Å². The molecule has 3 aromatic rings. The van der Waals surface area contributed by atoms with Crippen LogP contribution in [-0.4, -0.2) is 35.8 Å². The van der Waals surface area contributed by atoms with Gasteiger partial charge in [0.1, 0.15) is 29.1 Å². The zero-order chi connectivity index (χ0) is 21.5. The molecule has 0 bridgehead atoms. The van der Waals surface area contributed by atoms with Gasteiger partial charge in [0.25, 0.3) is 0 Å². The van der Waals surface area contributed by atoms with Crippen molar-refractivity contribution in [2.45, 2.75) is 37.9 Å². The molecule has 0 amide bonds. The van der Waals surface area contributed by atoms with Crippen molar-refractivity contribution >= 4 is 34.1 Å². The van der Waals surface area contributed by atoms with Crippen LogP contribution in [0.25, 0.3) is 11.0 Å². The van der Waals surface area contributed by atoms with Gasteiger partial charge in [-0.05, 0) is 49.6 Å². The highest BCUT2D eigenvalue weighted by molar-refractivity contribution is 6.34. The zero-order valence-electron chi connectivity index (χ0n) is 16.9. The second-order valence-electron chi connectivity index (χ2n) is 8.21. The normalized spacial score (nSPS) is 21.8. The van der Waals surface area contributed by atoms with Crippen LogP contribution in [0.5, 0.6) is 0 Å². The summed E-state index contributed by atoms with van der Waals surface area (Å²) in [6.07, 6.45) is 3.89. The summed E-state index contributed by atoms with van der Waals surface area (Å²) in [7, 11) is 0. The Kier molecular flexibility index (Phi) is 5.38. The SMILES string of the molecule is Fc1ccc(F)c([C@H]2C[C@H](F)CN2c2ccc3ncc(Cl)c(N4CCCCC4)c3n2)c1. The van der Waals surface area contributed by atoms with Crippen molar-refractivity contribution in [1.82, 2.24) is 9.97 Å². The van der Waals surface area contributed by atoms with E-state index in [9.17, 15) is 13.2 Å². The van der Waals surface area contributed by atoms with Gasteiger partial charge in [-0.3, -0.25) is 4.98 Å². The van der Waals surface area contributed by atoms with Crippen molar-refractivity contribution in [3.05, 3.63) is 58.7 Å². The Morgan fingerprint density at radius 2 is 1.84 bits per heavy atom. The molecule has 162 valence electrons. The van der Waals surface area contributed by atoms with Crippen LogP contribution in [0.4, 0.5) is 24.7 Å². The van der Waals surface area contributed by atoms with E-state index < -0.39 is 23.8 Å². The summed E-state index contributed by atoms with van der Waals surface area (Å²) in [4.78, 5) is 13.1. The highest BCUT2D eigenvalue weighted by Crippen LogP contribution is 2.40. The van der Waals surface area contributed by atoms with Gasteiger partial charge in [0.15, 0.2) is 0 Å². The summed E-state index contributed by atoms with van der Waals surface area (Å²) in [5.41, 5.74) is 2.31. The van der Waals surface area contributed by atoms with Crippen molar-refractivity contribution in [2.24, 2.45) is 0 Å². The number of benzene rings is 1. The maximum Gasteiger partial charge on any atom is 0.130 e. The van der Waals surface area contributed by atoms with Gasteiger partial charge in [-0.25, -0.2) is 18.2 Å². The molecule has 0 saturated carbocycles. The van der Waals surface area contributed by atoms with E-state index in [1.165, 1.54) is 6.42 Å². The Morgan fingerprint density at radius 1 is 1.03 bits per heavy atom. The minimum Gasteiger partial charge on any atom is -0.368 e. The number of alkyl halides is 1. The van der Waals surface area contributed by atoms with Crippen LogP contribution in [0.15, 0.2) is 36.5 Å². The fraction of sp³-hybridized carbons (Fsp3) is 0.391. The number of nitrogens with zero attached hydrogens (tertiary/aromatic N) is 4. The minimum absolute atomic E-state index is 0.0617. The Morgan fingerprint density at radius 3 is 2.65 bits per heavy atom. The molecule has 4 heterocycles. The first-order valence-electron chi connectivity index (χ1n) is 10.6. The molecule has 2 atom stereocenters. The first kappa shape index (κ1) is 20.4. The van der Waals surface area contributed by atoms with Gasteiger partial charge in [0.2, 0.25) is 0 Å². The van der Waals surface area contributed by atoms with Gasteiger partial charge < -0.3 is 9.80 Å². The standard InChI is InChI=1S/C23H22ClF3N4/c24-17-12-28-19-6-7-21(29-22(19)23(17)30-8-2-1-3-9-30)31-13-15(26)11-20(31)16-10-14(25)4-5-18(16)27/h4-7,10,12,15,20H,1-3,8-9,11,13H2/t15-,20+/m0/s1. The molecule has 8 heteroatoms. The molecule has 0 N–H and O–H groups in total. The monoisotopic (exact) mass is 446 g/mol. The highest BCUT2D eigenvalue weighted by atomic mass is 35.5. The van der Waals surface area contributed by atoms with E-state index in [0.717, 1.165) is 49.8 Å². The van der Waals surface area contributed by atoms with Gasteiger partial charge in [0.05, 0.1) is 28.8 Å². The molecule has 0 radical (unpaired) electrons. The number of aromatic nitrogens is 2. The lowest BCUT2D eigenvalue weighted by Gasteiger charge is -2.31. The number of fused-ring (bicyclic) bond motifs is 1. The lowest BCUT2D eigenvalue weighted by Crippen LogP contribution is -2.30. The predicted molar refractivity (Wildman–Crippen MR) is 117 cm³/mol. The van der Waals surface area contributed by atoms with Crippen molar-refractivity contribution in [3.8, 4) is 0 Å². The zero-order valence-corrected chi connectivity index (χ0v) is 17.6. The summed E-state index contributed by atoms with van der Waals surface area (Å²) in [6.45, 7) is 1.84. The molecule has 0 spiro atoms.